The van der Waals surface area contributed by atoms with E-state index < -0.39 is 0 Å². The molecule has 1 aliphatic carbocycles. The number of benzene rings is 1. The second kappa shape index (κ2) is 5.88. The van der Waals surface area contributed by atoms with Crippen molar-refractivity contribution in [1.29, 1.82) is 0 Å². The van der Waals surface area contributed by atoms with Crippen LogP contribution in [0.2, 0.25) is 0 Å². The molecule has 1 saturated carbocycles. The number of nitrogens with zero attached hydrogens (tertiary/aromatic N) is 2. The number of rotatable bonds is 3. The Balaban J connectivity index is 1.89. The zero-order valence-electron chi connectivity index (χ0n) is 12.7. The van der Waals surface area contributed by atoms with E-state index in [0.717, 1.165) is 22.9 Å². The number of anilines is 2. The fourth-order valence-electron chi connectivity index (χ4n) is 3.10. The van der Waals surface area contributed by atoms with Crippen LogP contribution < -0.4 is 5.32 Å². The maximum atomic E-state index is 13.4. The molecule has 1 heterocycles. The molecule has 21 heavy (non-hydrogen) atoms. The highest BCUT2D eigenvalue weighted by atomic mass is 19.1. The number of aromatic nitrogens is 2. The van der Waals surface area contributed by atoms with Crippen molar-refractivity contribution in [2.24, 2.45) is 0 Å². The molecule has 1 aromatic carbocycles. The predicted molar refractivity (Wildman–Crippen MR) is 83.5 cm³/mol. The zero-order valence-corrected chi connectivity index (χ0v) is 12.7. The van der Waals surface area contributed by atoms with Gasteiger partial charge >= 0.3 is 0 Å². The van der Waals surface area contributed by atoms with Crippen LogP contribution in [0.15, 0.2) is 24.4 Å². The normalized spacial score (nSPS) is 16.1. The summed E-state index contributed by atoms with van der Waals surface area (Å²) in [7, 11) is 0. The Morgan fingerprint density at radius 1 is 1.19 bits per heavy atom. The molecule has 2 aromatic rings. The summed E-state index contributed by atoms with van der Waals surface area (Å²) in [5, 5.41) is 3.31. The maximum Gasteiger partial charge on any atom is 0.207 e. The van der Waals surface area contributed by atoms with Crippen molar-refractivity contribution < 1.29 is 4.39 Å². The van der Waals surface area contributed by atoms with Crippen molar-refractivity contribution in [1.82, 2.24) is 9.55 Å². The molecular weight excluding hydrogens is 265 g/mol. The fraction of sp³-hybridized carbons (Fsp3) is 0.471. The third-order valence-corrected chi connectivity index (χ3v) is 4.27. The summed E-state index contributed by atoms with van der Waals surface area (Å²) in [6.07, 6.45) is 8.39. The van der Waals surface area contributed by atoms with Gasteiger partial charge in [-0.15, -0.1) is 0 Å². The van der Waals surface area contributed by atoms with Crippen molar-refractivity contribution in [3.8, 4) is 0 Å². The van der Waals surface area contributed by atoms with Gasteiger partial charge in [-0.25, -0.2) is 9.37 Å². The second-order valence-electron chi connectivity index (χ2n) is 5.99. The van der Waals surface area contributed by atoms with E-state index in [0.29, 0.717) is 6.04 Å². The van der Waals surface area contributed by atoms with E-state index in [1.807, 2.05) is 13.8 Å². The lowest BCUT2D eigenvalue weighted by Crippen LogP contribution is -2.14. The highest BCUT2D eigenvalue weighted by molar-refractivity contribution is 5.58. The summed E-state index contributed by atoms with van der Waals surface area (Å²) in [5.74, 6) is 0.601. The maximum absolute atomic E-state index is 13.4. The van der Waals surface area contributed by atoms with Gasteiger partial charge in [-0.05, 0) is 44.4 Å². The van der Waals surface area contributed by atoms with Gasteiger partial charge in [0.25, 0.3) is 0 Å². The minimum absolute atomic E-state index is 0.226. The monoisotopic (exact) mass is 287 g/mol. The van der Waals surface area contributed by atoms with Crippen molar-refractivity contribution in [3.05, 3.63) is 41.5 Å². The number of imidazole rings is 1. The first-order chi connectivity index (χ1) is 10.1. The van der Waals surface area contributed by atoms with Crippen molar-refractivity contribution in [2.75, 3.05) is 5.32 Å². The third kappa shape index (κ3) is 3.09. The van der Waals surface area contributed by atoms with Gasteiger partial charge in [-0.1, -0.05) is 25.3 Å². The molecule has 0 saturated heterocycles. The van der Waals surface area contributed by atoms with E-state index in [2.05, 4.69) is 21.1 Å². The average Bonchev–Trinajstić information content (AvgIpc) is 2.85. The van der Waals surface area contributed by atoms with Gasteiger partial charge in [0.15, 0.2) is 0 Å². The summed E-state index contributed by atoms with van der Waals surface area (Å²) < 4.78 is 15.7. The topological polar surface area (TPSA) is 29.9 Å². The van der Waals surface area contributed by atoms with E-state index in [1.165, 1.54) is 44.2 Å². The molecular formula is C17H22FN3. The molecule has 1 aromatic heterocycles. The van der Waals surface area contributed by atoms with Crippen LogP contribution in [0.5, 0.6) is 0 Å². The lowest BCUT2D eigenvalue weighted by molar-refractivity contribution is 0.356. The van der Waals surface area contributed by atoms with E-state index in [1.54, 1.807) is 6.07 Å². The molecule has 1 fully saturated rings. The van der Waals surface area contributed by atoms with Crippen LogP contribution in [-0.2, 0) is 0 Å². The van der Waals surface area contributed by atoms with E-state index in [4.69, 9.17) is 0 Å². The Bertz CT molecular complexity index is 627. The smallest absolute Gasteiger partial charge is 0.207 e. The Kier molecular flexibility index (Phi) is 3.95. The number of hydrogen-bond acceptors (Lipinski definition) is 2. The van der Waals surface area contributed by atoms with Crippen molar-refractivity contribution in [2.45, 2.75) is 52.0 Å². The first-order valence-corrected chi connectivity index (χ1v) is 7.72. The third-order valence-electron chi connectivity index (χ3n) is 4.27. The molecule has 0 radical (unpaired) electrons. The lowest BCUT2D eigenvalue weighted by atomic mass is 9.95. The average molecular weight is 287 g/mol. The molecule has 0 atom stereocenters. The zero-order chi connectivity index (χ0) is 14.8. The largest absolute Gasteiger partial charge is 0.325 e. The first kappa shape index (κ1) is 14.1. The van der Waals surface area contributed by atoms with Gasteiger partial charge in [0.2, 0.25) is 5.95 Å². The molecule has 1 aliphatic rings. The highest BCUT2D eigenvalue weighted by Gasteiger charge is 2.19. The molecule has 0 spiro atoms. The van der Waals surface area contributed by atoms with E-state index in [9.17, 15) is 4.39 Å². The number of aryl methyl sites for hydroxylation is 2. The second-order valence-corrected chi connectivity index (χ2v) is 5.99. The van der Waals surface area contributed by atoms with Crippen LogP contribution in [0.1, 0.15) is 49.4 Å². The van der Waals surface area contributed by atoms with Crippen molar-refractivity contribution >= 4 is 11.6 Å². The number of halogens is 1. The number of nitrogens with one attached hydrogen (secondary N) is 1. The van der Waals surface area contributed by atoms with Crippen LogP contribution >= 0.6 is 0 Å². The predicted octanol–water partition coefficient (Wildman–Crippen LogP) is 4.89. The molecule has 1 N–H and O–H groups in total. The fourth-order valence-corrected chi connectivity index (χ4v) is 3.10. The summed E-state index contributed by atoms with van der Waals surface area (Å²) in [5.41, 5.74) is 2.81. The van der Waals surface area contributed by atoms with Crippen molar-refractivity contribution in [3.63, 3.8) is 0 Å². The van der Waals surface area contributed by atoms with Crippen LogP contribution in [0.25, 0.3) is 0 Å². The summed E-state index contributed by atoms with van der Waals surface area (Å²) in [4.78, 5) is 4.58. The van der Waals surface area contributed by atoms with Gasteiger partial charge < -0.3 is 9.88 Å². The first-order valence-electron chi connectivity index (χ1n) is 7.72. The summed E-state index contributed by atoms with van der Waals surface area (Å²) in [6, 6.07) is 5.32. The van der Waals surface area contributed by atoms with E-state index >= 15 is 0 Å². The molecule has 0 aliphatic heterocycles. The standard InChI is InChI=1S/C17H22FN3/c1-12-8-9-14(18)10-16(12)20-17-19-13(2)11-21(17)15-6-4-3-5-7-15/h8-11,15H,3-7H2,1-2H3,(H,19,20). The molecule has 0 bridgehead atoms. The van der Waals surface area contributed by atoms with Gasteiger partial charge in [-0.2, -0.15) is 0 Å². The van der Waals surface area contributed by atoms with Gasteiger partial charge in [0.05, 0.1) is 5.69 Å². The summed E-state index contributed by atoms with van der Waals surface area (Å²) >= 11 is 0. The van der Waals surface area contributed by atoms with E-state index in [-0.39, 0.29) is 5.82 Å². The quantitative estimate of drug-likeness (QED) is 0.871. The minimum atomic E-state index is -0.226. The van der Waals surface area contributed by atoms with Gasteiger partial charge in [-0.3, -0.25) is 0 Å². The minimum Gasteiger partial charge on any atom is -0.325 e. The molecule has 0 amide bonds. The van der Waals surface area contributed by atoms with Crippen LogP contribution in [0.3, 0.4) is 0 Å². The Hall–Kier alpha value is -1.84. The summed E-state index contributed by atoms with van der Waals surface area (Å²) in [6.45, 7) is 3.98. The molecule has 3 rings (SSSR count). The molecule has 4 heteroatoms. The Morgan fingerprint density at radius 2 is 1.95 bits per heavy atom. The molecule has 0 unspecified atom stereocenters. The number of hydrogen-bond donors (Lipinski definition) is 1. The molecule has 112 valence electrons. The van der Waals surface area contributed by atoms with Gasteiger partial charge in [0.1, 0.15) is 5.82 Å². The highest BCUT2D eigenvalue weighted by Crippen LogP contribution is 2.32. The molecule has 3 nitrogen and oxygen atoms in total. The Morgan fingerprint density at radius 3 is 2.71 bits per heavy atom. The van der Waals surface area contributed by atoms with Crippen LogP contribution in [0, 0.1) is 19.7 Å². The van der Waals surface area contributed by atoms with Gasteiger partial charge in [0, 0.05) is 17.9 Å². The van der Waals surface area contributed by atoms with Crippen LogP contribution in [0.4, 0.5) is 16.0 Å². The van der Waals surface area contributed by atoms with Crippen LogP contribution in [-0.4, -0.2) is 9.55 Å². The Labute approximate surface area is 125 Å². The SMILES string of the molecule is Cc1cn(C2CCCCC2)c(Nc2cc(F)ccc2C)n1. The lowest BCUT2D eigenvalue weighted by Gasteiger charge is -2.25.